The van der Waals surface area contributed by atoms with E-state index in [1.807, 2.05) is 0 Å². The molecule has 108 valence electrons. The fraction of sp³-hybridized carbons (Fsp3) is 0.923. The van der Waals surface area contributed by atoms with Gasteiger partial charge in [-0.15, -0.1) is 5.10 Å². The molecule has 0 spiro atoms. The number of nitrogens with zero attached hydrogens (tertiary/aromatic N) is 4. The standard InChI is InChI=1S/C13H25N5S/c1-4-8-14-10(3)13-15-16-17-18(13)11-6-7-12(9-11)19-5-2/h10-12,14H,4-9H2,1-3H3. The van der Waals surface area contributed by atoms with Gasteiger partial charge in [-0.1, -0.05) is 13.8 Å². The zero-order valence-corrected chi connectivity index (χ0v) is 13.0. The van der Waals surface area contributed by atoms with Gasteiger partial charge in [0, 0.05) is 5.25 Å². The lowest BCUT2D eigenvalue weighted by molar-refractivity contribution is 0.411. The van der Waals surface area contributed by atoms with Crippen molar-refractivity contribution in [3.63, 3.8) is 0 Å². The van der Waals surface area contributed by atoms with Gasteiger partial charge in [-0.2, -0.15) is 11.8 Å². The van der Waals surface area contributed by atoms with Crippen LogP contribution >= 0.6 is 11.8 Å². The highest BCUT2D eigenvalue weighted by molar-refractivity contribution is 7.99. The summed E-state index contributed by atoms with van der Waals surface area (Å²) < 4.78 is 2.06. The van der Waals surface area contributed by atoms with Gasteiger partial charge >= 0.3 is 0 Å². The Morgan fingerprint density at radius 3 is 3.00 bits per heavy atom. The fourth-order valence-corrected chi connectivity index (χ4v) is 3.86. The molecule has 1 N–H and O–H groups in total. The van der Waals surface area contributed by atoms with Crippen molar-refractivity contribution in [3.05, 3.63) is 5.82 Å². The molecule has 6 heteroatoms. The van der Waals surface area contributed by atoms with Crippen LogP contribution in [0.3, 0.4) is 0 Å². The predicted octanol–water partition coefficient (Wildman–Crippen LogP) is 2.58. The lowest BCUT2D eigenvalue weighted by atomic mass is 10.2. The average molecular weight is 283 g/mol. The summed E-state index contributed by atoms with van der Waals surface area (Å²) in [6.45, 7) is 7.56. The monoisotopic (exact) mass is 283 g/mol. The van der Waals surface area contributed by atoms with E-state index < -0.39 is 0 Å². The third kappa shape index (κ3) is 3.69. The smallest absolute Gasteiger partial charge is 0.168 e. The minimum atomic E-state index is 0.229. The second kappa shape index (κ2) is 7.24. The molecule has 3 atom stereocenters. The maximum atomic E-state index is 4.23. The largest absolute Gasteiger partial charge is 0.307 e. The van der Waals surface area contributed by atoms with E-state index in [4.69, 9.17) is 0 Å². The van der Waals surface area contributed by atoms with Crippen LogP contribution in [-0.4, -0.2) is 37.8 Å². The highest BCUT2D eigenvalue weighted by Crippen LogP contribution is 2.37. The molecule has 1 saturated carbocycles. The van der Waals surface area contributed by atoms with E-state index in [2.05, 4.69) is 58.1 Å². The van der Waals surface area contributed by atoms with Crippen LogP contribution < -0.4 is 5.32 Å². The van der Waals surface area contributed by atoms with Gasteiger partial charge in [0.2, 0.25) is 0 Å². The molecule has 0 amide bonds. The first kappa shape index (κ1) is 14.8. The second-order valence-corrected chi connectivity index (χ2v) is 6.78. The van der Waals surface area contributed by atoms with E-state index in [0.29, 0.717) is 6.04 Å². The van der Waals surface area contributed by atoms with Gasteiger partial charge in [-0.25, -0.2) is 4.68 Å². The molecule has 3 unspecified atom stereocenters. The van der Waals surface area contributed by atoms with E-state index in [1.165, 1.54) is 25.0 Å². The Balaban J connectivity index is 1.99. The number of nitrogens with one attached hydrogen (secondary N) is 1. The van der Waals surface area contributed by atoms with E-state index in [-0.39, 0.29) is 6.04 Å². The topological polar surface area (TPSA) is 55.6 Å². The molecule has 0 aliphatic heterocycles. The first-order valence-electron chi connectivity index (χ1n) is 7.39. The van der Waals surface area contributed by atoms with Gasteiger partial charge < -0.3 is 5.32 Å². The number of hydrogen-bond acceptors (Lipinski definition) is 5. The lowest BCUT2D eigenvalue weighted by Gasteiger charge is -2.17. The Bertz CT molecular complexity index is 381. The van der Waals surface area contributed by atoms with Crippen molar-refractivity contribution in [1.29, 1.82) is 0 Å². The molecule has 0 aromatic carbocycles. The maximum Gasteiger partial charge on any atom is 0.168 e. The van der Waals surface area contributed by atoms with Gasteiger partial charge in [-0.05, 0) is 55.3 Å². The van der Waals surface area contributed by atoms with Crippen LogP contribution in [0.1, 0.15) is 64.4 Å². The van der Waals surface area contributed by atoms with Crippen LogP contribution in [0.25, 0.3) is 0 Å². The van der Waals surface area contributed by atoms with Crippen LogP contribution in [0.5, 0.6) is 0 Å². The molecule has 1 aromatic heterocycles. The summed E-state index contributed by atoms with van der Waals surface area (Å²) in [7, 11) is 0. The van der Waals surface area contributed by atoms with Gasteiger partial charge in [0.25, 0.3) is 0 Å². The minimum absolute atomic E-state index is 0.229. The van der Waals surface area contributed by atoms with E-state index >= 15 is 0 Å². The predicted molar refractivity (Wildman–Crippen MR) is 79.3 cm³/mol. The van der Waals surface area contributed by atoms with Crippen LogP contribution in [0.2, 0.25) is 0 Å². The molecule has 0 saturated heterocycles. The third-order valence-electron chi connectivity index (χ3n) is 3.71. The Kier molecular flexibility index (Phi) is 5.63. The molecule has 19 heavy (non-hydrogen) atoms. The Labute approximate surface area is 119 Å². The zero-order valence-electron chi connectivity index (χ0n) is 12.2. The zero-order chi connectivity index (χ0) is 13.7. The number of tetrazole rings is 1. The maximum absolute atomic E-state index is 4.23. The molecule has 1 fully saturated rings. The molecule has 1 aliphatic rings. The number of rotatable bonds is 7. The highest BCUT2D eigenvalue weighted by Gasteiger charge is 2.29. The lowest BCUT2D eigenvalue weighted by Crippen LogP contribution is -2.24. The van der Waals surface area contributed by atoms with Crippen molar-refractivity contribution in [1.82, 2.24) is 25.5 Å². The fourth-order valence-electron chi connectivity index (χ4n) is 2.72. The summed E-state index contributed by atoms with van der Waals surface area (Å²) in [4.78, 5) is 0. The van der Waals surface area contributed by atoms with Gasteiger partial charge in [-0.3, -0.25) is 0 Å². The number of hydrogen-bond donors (Lipinski definition) is 1. The van der Waals surface area contributed by atoms with Crippen molar-refractivity contribution >= 4 is 11.8 Å². The van der Waals surface area contributed by atoms with Gasteiger partial charge in [0.1, 0.15) is 0 Å². The molecular formula is C13H25N5S. The summed E-state index contributed by atoms with van der Waals surface area (Å²) in [5, 5.41) is 16.6. The summed E-state index contributed by atoms with van der Waals surface area (Å²) in [5.74, 6) is 2.19. The van der Waals surface area contributed by atoms with E-state index in [1.54, 1.807) is 0 Å². The molecule has 1 aliphatic carbocycles. The van der Waals surface area contributed by atoms with Crippen molar-refractivity contribution in [2.45, 2.75) is 63.8 Å². The van der Waals surface area contributed by atoms with Crippen molar-refractivity contribution in [3.8, 4) is 0 Å². The van der Waals surface area contributed by atoms with E-state index in [9.17, 15) is 0 Å². The van der Waals surface area contributed by atoms with Crippen LogP contribution in [-0.2, 0) is 0 Å². The van der Waals surface area contributed by atoms with Gasteiger partial charge in [0.05, 0.1) is 12.1 Å². The van der Waals surface area contributed by atoms with Crippen LogP contribution in [0.15, 0.2) is 0 Å². The quantitative estimate of drug-likeness (QED) is 0.833. The SMILES string of the molecule is CCCNC(C)c1nnnn1C1CCC(SCC)C1. The third-order valence-corrected chi connectivity index (χ3v) is 4.94. The molecule has 1 aromatic rings. The Morgan fingerprint density at radius 1 is 1.42 bits per heavy atom. The number of aromatic nitrogens is 4. The normalized spacial score (nSPS) is 24.8. The summed E-state index contributed by atoms with van der Waals surface area (Å²) in [6.07, 6.45) is 4.83. The van der Waals surface area contributed by atoms with Crippen molar-refractivity contribution in [2.75, 3.05) is 12.3 Å². The summed E-state index contributed by atoms with van der Waals surface area (Å²) >= 11 is 2.07. The van der Waals surface area contributed by atoms with Crippen molar-refractivity contribution < 1.29 is 0 Å². The first-order valence-corrected chi connectivity index (χ1v) is 8.43. The van der Waals surface area contributed by atoms with Crippen LogP contribution in [0, 0.1) is 0 Å². The first-order chi connectivity index (χ1) is 9.26. The second-order valence-electron chi connectivity index (χ2n) is 5.20. The van der Waals surface area contributed by atoms with Crippen molar-refractivity contribution in [2.24, 2.45) is 0 Å². The molecule has 0 bridgehead atoms. The summed E-state index contributed by atoms with van der Waals surface area (Å²) in [5.41, 5.74) is 0. The molecule has 0 radical (unpaired) electrons. The summed E-state index contributed by atoms with van der Waals surface area (Å²) in [6, 6.07) is 0.716. The Hall–Kier alpha value is -0.620. The molecule has 5 nitrogen and oxygen atoms in total. The number of thioether (sulfide) groups is 1. The molecule has 2 rings (SSSR count). The van der Waals surface area contributed by atoms with Gasteiger partial charge in [0.15, 0.2) is 5.82 Å². The van der Waals surface area contributed by atoms with E-state index in [0.717, 1.165) is 24.0 Å². The molecular weight excluding hydrogens is 258 g/mol. The average Bonchev–Trinajstić information content (AvgIpc) is 3.04. The minimum Gasteiger partial charge on any atom is -0.307 e. The Morgan fingerprint density at radius 2 is 2.26 bits per heavy atom. The molecule has 1 heterocycles. The van der Waals surface area contributed by atoms with Crippen LogP contribution in [0.4, 0.5) is 0 Å². The highest BCUT2D eigenvalue weighted by atomic mass is 32.2.